The number of nitrogens with zero attached hydrogens (tertiary/aromatic N) is 1. The predicted molar refractivity (Wildman–Crippen MR) is 247 cm³/mol. The summed E-state index contributed by atoms with van der Waals surface area (Å²) >= 11 is 0. The van der Waals surface area contributed by atoms with E-state index in [0.717, 1.165) is 28.6 Å². The van der Waals surface area contributed by atoms with E-state index in [0.29, 0.717) is 0 Å². The second kappa shape index (κ2) is 14.2. The number of benzene rings is 9. The van der Waals surface area contributed by atoms with Crippen LogP contribution in [0.2, 0.25) is 0 Å². The fraction of sp³-hybridized carbons (Fsp3) is 0. The lowest BCUT2D eigenvalue weighted by Gasteiger charge is -2.46. The Labute approximate surface area is 342 Å². The number of ether oxygens (including phenoxy) is 1. The summed E-state index contributed by atoms with van der Waals surface area (Å²) in [4.78, 5) is 2.45. The van der Waals surface area contributed by atoms with E-state index in [1.54, 1.807) is 0 Å². The van der Waals surface area contributed by atoms with Gasteiger partial charge in [0.15, 0.2) is 16.9 Å². The van der Waals surface area contributed by atoms with Gasteiger partial charge in [-0.1, -0.05) is 192 Å². The highest BCUT2D eigenvalue weighted by Crippen LogP contribution is 2.41. The molecule has 0 saturated heterocycles. The number of hydrogen-bond donors (Lipinski definition) is 0. The van der Waals surface area contributed by atoms with Crippen molar-refractivity contribution < 1.29 is 4.74 Å². The lowest BCUT2D eigenvalue weighted by atomic mass is 9.93. The van der Waals surface area contributed by atoms with Crippen molar-refractivity contribution >= 4 is 70.2 Å². The van der Waals surface area contributed by atoms with Gasteiger partial charge in [-0.3, -0.25) is 0 Å². The van der Waals surface area contributed by atoms with Gasteiger partial charge in [0, 0.05) is 17.1 Å². The molecule has 2 aliphatic heterocycles. The van der Waals surface area contributed by atoms with Crippen LogP contribution in [-0.2, 0) is 0 Å². The van der Waals surface area contributed by atoms with Gasteiger partial charge in [0.2, 0.25) is 0 Å². The molecule has 0 atom stereocenters. The molecular formula is C54H38NOSi2. The lowest BCUT2D eigenvalue weighted by Crippen LogP contribution is -2.87. The molecule has 2 nitrogen and oxygen atoms in total. The Balaban J connectivity index is 1.20. The summed E-state index contributed by atoms with van der Waals surface area (Å²) in [6, 6.07) is 84.9. The maximum atomic E-state index is 6.75. The Hall–Kier alpha value is -6.99. The van der Waals surface area contributed by atoms with Crippen LogP contribution in [0.1, 0.15) is 0 Å². The minimum absolute atomic E-state index is 0.964. The van der Waals surface area contributed by atoms with Gasteiger partial charge in [0.1, 0.15) is 11.5 Å². The Morgan fingerprint density at radius 2 is 0.828 bits per heavy atom. The molecule has 4 heteroatoms. The zero-order valence-corrected chi connectivity index (χ0v) is 33.8. The first-order valence-corrected chi connectivity index (χ1v) is 23.4. The van der Waals surface area contributed by atoms with Gasteiger partial charge in [-0.15, -0.1) is 0 Å². The maximum absolute atomic E-state index is 6.75. The number of para-hydroxylation sites is 3. The normalized spacial score (nSPS) is 13.4. The molecule has 0 N–H and O–H groups in total. The first-order chi connectivity index (χ1) is 28.8. The largest absolute Gasteiger partial charge is 0.458 e. The van der Waals surface area contributed by atoms with Crippen LogP contribution in [0.5, 0.6) is 11.5 Å². The molecule has 0 saturated carbocycles. The number of fused-ring (bicyclic) bond motifs is 8. The van der Waals surface area contributed by atoms with E-state index in [9.17, 15) is 0 Å². The Morgan fingerprint density at radius 3 is 1.48 bits per heavy atom. The molecule has 9 aromatic carbocycles. The van der Waals surface area contributed by atoms with E-state index in [1.807, 2.05) is 0 Å². The summed E-state index contributed by atoms with van der Waals surface area (Å²) in [5, 5.41) is 9.84. The second-order valence-electron chi connectivity index (χ2n) is 15.0. The fourth-order valence-corrected chi connectivity index (χ4v) is 19.1. The molecule has 0 amide bonds. The summed E-state index contributed by atoms with van der Waals surface area (Å²) in [7, 11) is -4.32. The minimum Gasteiger partial charge on any atom is -0.458 e. The molecule has 2 aliphatic rings. The SMILES string of the molecule is c1ccc(-c2ccc(N(c3ccccc3)c3ccc4c(c3)[Si](c3ccccc3)c3ccccc3[Si]43c4ccccc4Oc4ccccc43)cc2-c2ccccc2)cc1. The summed E-state index contributed by atoms with van der Waals surface area (Å²) in [5.74, 6) is 1.93. The van der Waals surface area contributed by atoms with Crippen molar-refractivity contribution in [3.8, 4) is 33.8 Å². The van der Waals surface area contributed by atoms with Crippen LogP contribution in [-0.4, -0.2) is 16.9 Å². The van der Waals surface area contributed by atoms with Crippen molar-refractivity contribution in [2.75, 3.05) is 4.90 Å². The zero-order valence-electron chi connectivity index (χ0n) is 31.8. The van der Waals surface area contributed by atoms with Crippen LogP contribution in [0, 0.1) is 0 Å². The molecule has 0 aliphatic carbocycles. The van der Waals surface area contributed by atoms with Gasteiger partial charge >= 0.3 is 0 Å². The van der Waals surface area contributed by atoms with Crippen LogP contribution in [0.4, 0.5) is 17.1 Å². The number of hydrogen-bond acceptors (Lipinski definition) is 2. The molecule has 58 heavy (non-hydrogen) atoms. The van der Waals surface area contributed by atoms with Gasteiger partial charge in [-0.05, 0) is 96.7 Å². The van der Waals surface area contributed by atoms with E-state index in [4.69, 9.17) is 4.74 Å². The van der Waals surface area contributed by atoms with E-state index in [-0.39, 0.29) is 0 Å². The van der Waals surface area contributed by atoms with Crippen LogP contribution in [0.25, 0.3) is 22.3 Å². The third-order valence-electron chi connectivity index (χ3n) is 11.8. The summed E-state index contributed by atoms with van der Waals surface area (Å²) in [6.45, 7) is 0. The van der Waals surface area contributed by atoms with Gasteiger partial charge in [0.05, 0.1) is 0 Å². The van der Waals surface area contributed by atoms with E-state index in [1.165, 1.54) is 58.6 Å². The first-order valence-electron chi connectivity index (χ1n) is 19.9. The highest BCUT2D eigenvalue weighted by Gasteiger charge is 2.53. The van der Waals surface area contributed by atoms with Crippen molar-refractivity contribution in [1.29, 1.82) is 0 Å². The van der Waals surface area contributed by atoms with Crippen LogP contribution in [0.3, 0.4) is 0 Å². The van der Waals surface area contributed by atoms with Crippen molar-refractivity contribution in [1.82, 2.24) is 0 Å². The first kappa shape index (κ1) is 34.3. The average Bonchev–Trinajstić information content (AvgIpc) is 3.30. The molecule has 1 spiro atoms. The molecule has 9 aromatic rings. The van der Waals surface area contributed by atoms with Crippen molar-refractivity contribution in [3.05, 3.63) is 231 Å². The van der Waals surface area contributed by atoms with Crippen LogP contribution >= 0.6 is 0 Å². The van der Waals surface area contributed by atoms with Gasteiger partial charge in [-0.2, -0.15) is 0 Å². The Bertz CT molecular complexity index is 2890. The van der Waals surface area contributed by atoms with Gasteiger partial charge in [0.25, 0.3) is 0 Å². The fourth-order valence-electron chi connectivity index (χ4n) is 9.44. The summed E-state index contributed by atoms with van der Waals surface area (Å²) in [6.07, 6.45) is 0. The minimum atomic E-state index is -2.86. The van der Waals surface area contributed by atoms with Crippen molar-refractivity contribution in [2.45, 2.75) is 0 Å². The standard InChI is InChI=1S/C54H38NOSi2/c1-5-19-39(20-6-1)45-35-33-42(37-46(45)40-21-7-2-8-22-40)55(41-23-9-3-10-24-41)43-34-36-54-50(38-43)57(44-25-11-4-12-26-44)49-29-15-18-32-53(49)58(54)51-30-16-13-27-47(51)56-48-28-14-17-31-52(48)58/h1-38H. The van der Waals surface area contributed by atoms with Crippen molar-refractivity contribution in [3.63, 3.8) is 0 Å². The molecule has 1 radical (unpaired) electrons. The average molecular weight is 773 g/mol. The highest BCUT2D eigenvalue weighted by atomic mass is 28.3. The molecule has 0 aromatic heterocycles. The number of anilines is 3. The third-order valence-corrected chi connectivity index (χ3v) is 20.1. The topological polar surface area (TPSA) is 12.5 Å². The molecule has 0 fully saturated rings. The summed E-state index contributed by atoms with van der Waals surface area (Å²) < 4.78 is 6.75. The molecule has 11 rings (SSSR count). The van der Waals surface area contributed by atoms with Gasteiger partial charge in [-0.25, -0.2) is 0 Å². The smallest absolute Gasteiger partial charge is 0.188 e. The summed E-state index contributed by atoms with van der Waals surface area (Å²) in [5.41, 5.74) is 8.19. The van der Waals surface area contributed by atoms with Crippen LogP contribution in [0.15, 0.2) is 231 Å². The van der Waals surface area contributed by atoms with E-state index < -0.39 is 16.9 Å². The van der Waals surface area contributed by atoms with Gasteiger partial charge < -0.3 is 9.64 Å². The van der Waals surface area contributed by atoms with E-state index >= 15 is 0 Å². The van der Waals surface area contributed by atoms with E-state index in [2.05, 4.69) is 235 Å². The monoisotopic (exact) mass is 772 g/mol. The van der Waals surface area contributed by atoms with Crippen molar-refractivity contribution in [2.24, 2.45) is 0 Å². The predicted octanol–water partition coefficient (Wildman–Crippen LogP) is 8.80. The zero-order chi connectivity index (χ0) is 38.5. The molecule has 0 bridgehead atoms. The molecule has 0 unspecified atom stereocenters. The highest BCUT2D eigenvalue weighted by molar-refractivity contribution is 7.27. The second-order valence-corrected chi connectivity index (χ2v) is 21.1. The maximum Gasteiger partial charge on any atom is 0.188 e. The Morgan fingerprint density at radius 1 is 0.345 bits per heavy atom. The third kappa shape index (κ3) is 5.45. The Kier molecular flexibility index (Phi) is 8.39. The quantitative estimate of drug-likeness (QED) is 0.157. The molecular weight excluding hydrogens is 735 g/mol. The molecule has 2 heterocycles. The number of rotatable bonds is 6. The van der Waals surface area contributed by atoms with Crippen LogP contribution < -0.4 is 45.9 Å². The lowest BCUT2D eigenvalue weighted by molar-refractivity contribution is 0.487. The molecule has 273 valence electrons.